The molecule has 1 rings (SSSR count). The molecule has 5 nitrogen and oxygen atoms in total. The van der Waals surface area contributed by atoms with Crippen LogP contribution in [0.2, 0.25) is 0 Å². The molecule has 0 bridgehead atoms. The third kappa shape index (κ3) is 6.22. The van der Waals surface area contributed by atoms with Crippen LogP contribution in [0.25, 0.3) is 0 Å². The molecule has 0 spiro atoms. The molecule has 1 unspecified atom stereocenters. The van der Waals surface area contributed by atoms with Gasteiger partial charge in [0.25, 0.3) is 0 Å². The molecule has 0 aromatic carbocycles. The van der Waals surface area contributed by atoms with Crippen LogP contribution in [0, 0.1) is 0 Å². The Labute approximate surface area is 124 Å². The number of amides is 2. The van der Waals surface area contributed by atoms with Gasteiger partial charge in [0.05, 0.1) is 5.60 Å². The van der Waals surface area contributed by atoms with Gasteiger partial charge in [0, 0.05) is 34.4 Å². The van der Waals surface area contributed by atoms with Crippen LogP contribution >= 0.6 is 0 Å². The van der Waals surface area contributed by atoms with Gasteiger partial charge in [-0.05, 0) is 33.6 Å². The Morgan fingerprint density at radius 3 is 2.35 bits per heavy atom. The highest BCUT2D eigenvalue weighted by molar-refractivity contribution is 7.86. The van der Waals surface area contributed by atoms with E-state index in [1.165, 1.54) is 0 Å². The zero-order chi connectivity index (χ0) is 15.2. The summed E-state index contributed by atoms with van der Waals surface area (Å²) in [7, 11) is -0.962. The molecule has 1 atom stereocenters. The third-order valence-corrected chi connectivity index (χ3v) is 5.56. The number of nitrogens with one attached hydrogen (secondary N) is 2. The fourth-order valence-corrected chi connectivity index (χ4v) is 3.16. The first-order valence-electron chi connectivity index (χ1n) is 7.35. The molecule has 2 amide bonds. The summed E-state index contributed by atoms with van der Waals surface area (Å²) < 4.78 is 11.5. The minimum atomic E-state index is -0.962. The minimum absolute atomic E-state index is 0.255. The number of carbonyl (C=O) groups is 1. The quantitative estimate of drug-likeness (QED) is 0.721. The van der Waals surface area contributed by atoms with E-state index in [9.17, 15) is 14.1 Å². The van der Waals surface area contributed by atoms with Crippen LogP contribution < -0.4 is 10.6 Å². The van der Waals surface area contributed by atoms with Crippen molar-refractivity contribution >= 4 is 16.8 Å². The fraction of sp³-hybridized carbons (Fsp3) is 0.929. The van der Waals surface area contributed by atoms with Crippen molar-refractivity contribution in [2.75, 3.05) is 18.8 Å². The molecule has 1 fully saturated rings. The first-order valence-corrected chi connectivity index (χ1v) is 8.67. The predicted octanol–water partition coefficient (Wildman–Crippen LogP) is 1.53. The second-order valence-electron chi connectivity index (χ2n) is 6.56. The number of urea groups is 1. The molecule has 0 aromatic heterocycles. The molecule has 1 aliphatic rings. The van der Waals surface area contributed by atoms with E-state index in [0.29, 0.717) is 18.8 Å². The number of rotatable bonds is 5. The smallest absolute Gasteiger partial charge is 0.314 e. The molecule has 6 heteroatoms. The average molecular weight is 304 g/mol. The monoisotopic (exact) mass is 304 g/mol. The standard InChI is InChI=1S/C14H28N2O3S/c1-13(2,3)20(19)10-9-15-12(17)16-11-14(18)7-5-4-6-8-14/h18H,4-11H2,1-3H3,(H2,15,16,17). The van der Waals surface area contributed by atoms with Gasteiger partial charge in [-0.25, -0.2) is 4.79 Å². The molecule has 0 radical (unpaired) electrons. The SMILES string of the molecule is CC(C)(C)S(=O)CCNC(=O)NCC1(O)CCCCC1. The van der Waals surface area contributed by atoms with Crippen molar-refractivity contribution in [3.63, 3.8) is 0 Å². The maximum absolute atomic E-state index is 11.8. The Bertz CT molecular complexity index is 347. The molecule has 0 aromatic rings. The lowest BCUT2D eigenvalue weighted by Gasteiger charge is -2.32. The Morgan fingerprint density at radius 1 is 1.20 bits per heavy atom. The van der Waals surface area contributed by atoms with Gasteiger partial charge in [-0.15, -0.1) is 0 Å². The summed E-state index contributed by atoms with van der Waals surface area (Å²) in [6.45, 7) is 6.43. The van der Waals surface area contributed by atoms with Crippen LogP contribution in [0.1, 0.15) is 52.9 Å². The van der Waals surface area contributed by atoms with Crippen molar-refractivity contribution < 1.29 is 14.1 Å². The van der Waals surface area contributed by atoms with Crippen LogP contribution in [0.3, 0.4) is 0 Å². The summed E-state index contributed by atoms with van der Waals surface area (Å²) in [6, 6.07) is -0.296. The van der Waals surface area contributed by atoms with Gasteiger partial charge in [-0.3, -0.25) is 4.21 Å². The van der Waals surface area contributed by atoms with Crippen molar-refractivity contribution in [2.45, 2.75) is 63.2 Å². The Balaban J connectivity index is 2.19. The highest BCUT2D eigenvalue weighted by Gasteiger charge is 2.29. The molecule has 0 heterocycles. The highest BCUT2D eigenvalue weighted by atomic mass is 32.2. The van der Waals surface area contributed by atoms with Crippen molar-refractivity contribution in [1.82, 2.24) is 10.6 Å². The van der Waals surface area contributed by atoms with Gasteiger partial charge in [0.15, 0.2) is 0 Å². The topological polar surface area (TPSA) is 78.4 Å². The summed E-state index contributed by atoms with van der Waals surface area (Å²) in [6.07, 6.45) is 4.70. The number of aliphatic hydroxyl groups is 1. The molecule has 0 saturated heterocycles. The Hall–Kier alpha value is -0.620. The highest BCUT2D eigenvalue weighted by Crippen LogP contribution is 2.27. The summed E-state index contributed by atoms with van der Waals surface area (Å²) in [5, 5.41) is 15.6. The first-order chi connectivity index (χ1) is 9.23. The second-order valence-corrected chi connectivity index (χ2v) is 8.88. The van der Waals surface area contributed by atoms with Gasteiger partial charge in [0.1, 0.15) is 0 Å². The van der Waals surface area contributed by atoms with Gasteiger partial charge in [0.2, 0.25) is 0 Å². The lowest BCUT2D eigenvalue weighted by Crippen LogP contribution is -2.48. The minimum Gasteiger partial charge on any atom is -0.388 e. The van der Waals surface area contributed by atoms with Crippen molar-refractivity contribution in [3.8, 4) is 0 Å². The van der Waals surface area contributed by atoms with Crippen molar-refractivity contribution in [2.24, 2.45) is 0 Å². The number of hydrogen-bond acceptors (Lipinski definition) is 3. The lowest BCUT2D eigenvalue weighted by molar-refractivity contribution is 0.00721. The van der Waals surface area contributed by atoms with Gasteiger partial charge < -0.3 is 15.7 Å². The zero-order valence-corrected chi connectivity index (χ0v) is 13.6. The van der Waals surface area contributed by atoms with Crippen LogP contribution in [0.5, 0.6) is 0 Å². The predicted molar refractivity (Wildman–Crippen MR) is 82.2 cm³/mol. The van der Waals surface area contributed by atoms with E-state index >= 15 is 0 Å². The number of carbonyl (C=O) groups excluding carboxylic acids is 1. The largest absolute Gasteiger partial charge is 0.388 e. The molecule has 3 N–H and O–H groups in total. The van der Waals surface area contributed by atoms with E-state index in [4.69, 9.17) is 0 Å². The molecule has 118 valence electrons. The van der Waals surface area contributed by atoms with Crippen LogP contribution in [0.15, 0.2) is 0 Å². The summed E-state index contributed by atoms with van der Waals surface area (Å²) >= 11 is 0. The molecule has 1 saturated carbocycles. The van der Waals surface area contributed by atoms with Crippen LogP contribution in [0.4, 0.5) is 4.79 Å². The van der Waals surface area contributed by atoms with Gasteiger partial charge in [-0.1, -0.05) is 19.3 Å². The van der Waals surface area contributed by atoms with E-state index in [1.807, 2.05) is 20.8 Å². The van der Waals surface area contributed by atoms with E-state index < -0.39 is 16.4 Å². The van der Waals surface area contributed by atoms with Crippen molar-refractivity contribution in [3.05, 3.63) is 0 Å². The number of hydrogen-bond donors (Lipinski definition) is 3. The van der Waals surface area contributed by atoms with E-state index in [-0.39, 0.29) is 10.8 Å². The lowest BCUT2D eigenvalue weighted by atomic mass is 9.85. The Kier molecular flexibility index (Phi) is 6.45. The van der Waals surface area contributed by atoms with Crippen LogP contribution in [-0.2, 0) is 10.8 Å². The normalized spacial score (nSPS) is 20.2. The van der Waals surface area contributed by atoms with E-state index in [2.05, 4.69) is 10.6 Å². The summed E-state index contributed by atoms with van der Waals surface area (Å²) in [5.74, 6) is 0.446. The zero-order valence-electron chi connectivity index (χ0n) is 12.8. The summed E-state index contributed by atoms with van der Waals surface area (Å²) in [5.41, 5.74) is -0.746. The first kappa shape index (κ1) is 17.4. The molecule has 1 aliphatic carbocycles. The van der Waals surface area contributed by atoms with E-state index in [1.54, 1.807) is 0 Å². The average Bonchev–Trinajstić information content (AvgIpc) is 2.36. The van der Waals surface area contributed by atoms with E-state index in [0.717, 1.165) is 32.1 Å². The van der Waals surface area contributed by atoms with Gasteiger partial charge >= 0.3 is 6.03 Å². The molecular formula is C14H28N2O3S. The second kappa shape index (κ2) is 7.41. The fourth-order valence-electron chi connectivity index (χ4n) is 2.26. The maximum Gasteiger partial charge on any atom is 0.314 e. The Morgan fingerprint density at radius 2 is 1.80 bits per heavy atom. The summed E-state index contributed by atoms with van der Waals surface area (Å²) in [4.78, 5) is 11.6. The third-order valence-electron chi connectivity index (χ3n) is 3.62. The molecule has 0 aliphatic heterocycles. The van der Waals surface area contributed by atoms with Gasteiger partial charge in [-0.2, -0.15) is 0 Å². The maximum atomic E-state index is 11.8. The molecular weight excluding hydrogens is 276 g/mol. The molecule has 20 heavy (non-hydrogen) atoms. The van der Waals surface area contributed by atoms with Crippen LogP contribution in [-0.4, -0.2) is 44.5 Å². The van der Waals surface area contributed by atoms with Crippen molar-refractivity contribution in [1.29, 1.82) is 0 Å².